The highest BCUT2D eigenvalue weighted by Crippen LogP contribution is 2.26. The molecule has 1 saturated carbocycles. The Labute approximate surface area is 106 Å². The molecule has 5 nitrogen and oxygen atoms in total. The molecular formula is C13H17N3O2. The van der Waals surface area contributed by atoms with Crippen LogP contribution in [0.1, 0.15) is 35.4 Å². The zero-order chi connectivity index (χ0) is 13.1. The lowest BCUT2D eigenvalue weighted by atomic mass is 10.1. The van der Waals surface area contributed by atoms with E-state index >= 15 is 0 Å². The molecule has 2 rings (SSSR count). The van der Waals surface area contributed by atoms with E-state index in [0.29, 0.717) is 17.9 Å². The van der Waals surface area contributed by atoms with Gasteiger partial charge in [0.25, 0.3) is 5.91 Å². The average Bonchev–Trinajstić information content (AvgIpc) is 2.98. The van der Waals surface area contributed by atoms with Gasteiger partial charge in [0.15, 0.2) is 0 Å². The lowest BCUT2D eigenvalue weighted by molar-refractivity contribution is 0.0689. The molecular weight excluding hydrogens is 230 g/mol. The van der Waals surface area contributed by atoms with Crippen LogP contribution in [0, 0.1) is 17.2 Å². The van der Waals surface area contributed by atoms with E-state index in [0.717, 1.165) is 19.3 Å². The lowest BCUT2D eigenvalue weighted by Crippen LogP contribution is -2.34. The van der Waals surface area contributed by atoms with Crippen LogP contribution in [0.2, 0.25) is 0 Å². The first kappa shape index (κ1) is 12.7. The van der Waals surface area contributed by atoms with Crippen molar-refractivity contribution >= 4 is 5.91 Å². The summed E-state index contributed by atoms with van der Waals surface area (Å²) in [6.07, 6.45) is 2.52. The molecule has 0 radical (unpaired) electrons. The van der Waals surface area contributed by atoms with Crippen molar-refractivity contribution < 1.29 is 9.90 Å². The summed E-state index contributed by atoms with van der Waals surface area (Å²) in [7, 11) is 1.72. The maximum absolute atomic E-state index is 12.1. The van der Waals surface area contributed by atoms with Gasteiger partial charge in [-0.2, -0.15) is 5.26 Å². The van der Waals surface area contributed by atoms with Gasteiger partial charge in [-0.3, -0.25) is 4.79 Å². The van der Waals surface area contributed by atoms with Crippen molar-refractivity contribution in [3.63, 3.8) is 0 Å². The fraction of sp³-hybridized carbons (Fsp3) is 0.538. The number of nitrogens with zero attached hydrogens (tertiary/aromatic N) is 2. The smallest absolute Gasteiger partial charge is 0.270 e. The normalized spacial score (nSPS) is 22.7. The van der Waals surface area contributed by atoms with Gasteiger partial charge in [0.1, 0.15) is 17.5 Å². The molecule has 1 aromatic rings. The van der Waals surface area contributed by atoms with Crippen LogP contribution >= 0.6 is 0 Å². The fourth-order valence-corrected chi connectivity index (χ4v) is 2.46. The highest BCUT2D eigenvalue weighted by atomic mass is 16.3. The average molecular weight is 247 g/mol. The second-order valence-electron chi connectivity index (χ2n) is 4.84. The maximum Gasteiger partial charge on any atom is 0.270 e. The van der Waals surface area contributed by atoms with E-state index in [1.54, 1.807) is 24.1 Å². The number of aliphatic hydroxyl groups excluding tert-OH is 1. The van der Waals surface area contributed by atoms with Crippen molar-refractivity contribution in [3.05, 3.63) is 23.5 Å². The van der Waals surface area contributed by atoms with Gasteiger partial charge < -0.3 is 15.0 Å². The first-order valence-corrected chi connectivity index (χ1v) is 6.14. The first-order chi connectivity index (χ1) is 8.61. The highest BCUT2D eigenvalue weighted by molar-refractivity contribution is 5.92. The monoisotopic (exact) mass is 247 g/mol. The Morgan fingerprint density at radius 1 is 1.61 bits per heavy atom. The molecule has 0 aromatic carbocycles. The van der Waals surface area contributed by atoms with Gasteiger partial charge >= 0.3 is 0 Å². The van der Waals surface area contributed by atoms with Gasteiger partial charge in [-0.05, 0) is 25.0 Å². The van der Waals surface area contributed by atoms with E-state index in [4.69, 9.17) is 5.26 Å². The van der Waals surface area contributed by atoms with Crippen molar-refractivity contribution in [1.82, 2.24) is 9.88 Å². The van der Waals surface area contributed by atoms with Crippen molar-refractivity contribution in [2.45, 2.75) is 25.4 Å². The highest BCUT2D eigenvalue weighted by Gasteiger charge is 2.27. The number of rotatable bonds is 3. The summed E-state index contributed by atoms with van der Waals surface area (Å²) in [4.78, 5) is 16.4. The van der Waals surface area contributed by atoms with Crippen LogP contribution in [0.5, 0.6) is 0 Å². The Balaban J connectivity index is 1.98. The van der Waals surface area contributed by atoms with Crippen molar-refractivity contribution in [3.8, 4) is 6.07 Å². The number of aromatic nitrogens is 1. The molecule has 1 amide bonds. The molecule has 0 saturated heterocycles. The summed E-state index contributed by atoms with van der Waals surface area (Å²) in [5.41, 5.74) is 0.800. The summed E-state index contributed by atoms with van der Waals surface area (Å²) < 4.78 is 0. The van der Waals surface area contributed by atoms with Gasteiger partial charge in [0, 0.05) is 19.5 Å². The molecule has 2 atom stereocenters. The van der Waals surface area contributed by atoms with Crippen molar-refractivity contribution in [2.75, 3.05) is 13.6 Å². The van der Waals surface area contributed by atoms with Crippen LogP contribution in [0.15, 0.2) is 12.1 Å². The van der Waals surface area contributed by atoms with E-state index in [1.807, 2.05) is 6.07 Å². The zero-order valence-corrected chi connectivity index (χ0v) is 10.4. The standard InChI is InChI=1S/C13H17N3O2/c1-16(8-9-3-2-4-12(9)17)13(18)11-6-5-10(7-14)15-11/h5-6,9,12,15,17H,2-4,8H2,1H3. The number of carbonyl (C=O) groups is 1. The fourth-order valence-electron chi connectivity index (χ4n) is 2.46. The van der Waals surface area contributed by atoms with Gasteiger partial charge in [0.2, 0.25) is 0 Å². The number of hydrogen-bond donors (Lipinski definition) is 2. The van der Waals surface area contributed by atoms with E-state index in [2.05, 4.69) is 4.98 Å². The molecule has 1 fully saturated rings. The number of nitriles is 1. The van der Waals surface area contributed by atoms with Gasteiger partial charge in [0.05, 0.1) is 6.10 Å². The second kappa shape index (κ2) is 5.23. The van der Waals surface area contributed by atoms with Crippen LogP contribution < -0.4 is 0 Å². The van der Waals surface area contributed by atoms with Crippen LogP contribution in [-0.2, 0) is 0 Å². The van der Waals surface area contributed by atoms with Gasteiger partial charge in [-0.25, -0.2) is 0 Å². The second-order valence-corrected chi connectivity index (χ2v) is 4.84. The third kappa shape index (κ3) is 2.54. The molecule has 5 heteroatoms. The topological polar surface area (TPSA) is 80.1 Å². The molecule has 18 heavy (non-hydrogen) atoms. The van der Waals surface area contributed by atoms with Crippen LogP contribution in [0.4, 0.5) is 0 Å². The number of aliphatic hydroxyl groups is 1. The van der Waals surface area contributed by atoms with Crippen molar-refractivity contribution in [1.29, 1.82) is 5.26 Å². The van der Waals surface area contributed by atoms with Gasteiger partial charge in [-0.1, -0.05) is 6.42 Å². The molecule has 0 spiro atoms. The van der Waals surface area contributed by atoms with E-state index in [1.165, 1.54) is 0 Å². The van der Waals surface area contributed by atoms with Crippen molar-refractivity contribution in [2.24, 2.45) is 5.92 Å². The van der Waals surface area contributed by atoms with E-state index in [9.17, 15) is 9.90 Å². The number of hydrogen-bond acceptors (Lipinski definition) is 3. The molecule has 1 aliphatic carbocycles. The number of H-pyrrole nitrogens is 1. The number of carbonyl (C=O) groups excluding carboxylic acids is 1. The minimum atomic E-state index is -0.293. The lowest BCUT2D eigenvalue weighted by Gasteiger charge is -2.22. The summed E-state index contributed by atoms with van der Waals surface area (Å²) in [6.45, 7) is 0.556. The van der Waals surface area contributed by atoms with Crippen LogP contribution in [0.25, 0.3) is 0 Å². The predicted octanol–water partition coefficient (Wildman–Crippen LogP) is 1.12. The minimum absolute atomic E-state index is 0.143. The third-order valence-corrected chi connectivity index (χ3v) is 3.51. The molecule has 96 valence electrons. The minimum Gasteiger partial charge on any atom is -0.393 e. The molecule has 1 aromatic heterocycles. The molecule has 1 heterocycles. The molecule has 2 N–H and O–H groups in total. The van der Waals surface area contributed by atoms with Crippen LogP contribution in [-0.4, -0.2) is 40.6 Å². The number of aromatic amines is 1. The SMILES string of the molecule is CN(CC1CCCC1O)C(=O)c1ccc(C#N)[nH]1. The van der Waals surface area contributed by atoms with Crippen LogP contribution in [0.3, 0.4) is 0 Å². The Hall–Kier alpha value is -1.80. The van der Waals surface area contributed by atoms with E-state index in [-0.39, 0.29) is 17.9 Å². The first-order valence-electron chi connectivity index (χ1n) is 6.14. The van der Waals surface area contributed by atoms with E-state index < -0.39 is 0 Å². The zero-order valence-electron chi connectivity index (χ0n) is 10.4. The largest absolute Gasteiger partial charge is 0.393 e. The summed E-state index contributed by atoms with van der Waals surface area (Å²) >= 11 is 0. The third-order valence-electron chi connectivity index (χ3n) is 3.51. The number of nitrogens with one attached hydrogen (secondary N) is 1. The maximum atomic E-state index is 12.1. The molecule has 0 bridgehead atoms. The number of amides is 1. The Morgan fingerprint density at radius 2 is 2.39 bits per heavy atom. The molecule has 0 aliphatic heterocycles. The Morgan fingerprint density at radius 3 is 2.94 bits per heavy atom. The Bertz CT molecular complexity index is 475. The summed E-state index contributed by atoms with van der Waals surface area (Å²) in [6, 6.07) is 5.16. The quantitative estimate of drug-likeness (QED) is 0.840. The summed E-state index contributed by atoms with van der Waals surface area (Å²) in [5.74, 6) is 0.0277. The van der Waals surface area contributed by atoms with Gasteiger partial charge in [-0.15, -0.1) is 0 Å². The molecule has 1 aliphatic rings. The molecule has 2 unspecified atom stereocenters. The Kier molecular flexibility index (Phi) is 3.68. The predicted molar refractivity (Wildman–Crippen MR) is 65.8 cm³/mol. The summed E-state index contributed by atoms with van der Waals surface area (Å²) in [5, 5.41) is 18.4.